The van der Waals surface area contributed by atoms with Crippen LogP contribution in [0.3, 0.4) is 0 Å². The van der Waals surface area contributed by atoms with Crippen LogP contribution >= 0.6 is 11.3 Å². The van der Waals surface area contributed by atoms with E-state index in [-0.39, 0.29) is 5.97 Å². The van der Waals surface area contributed by atoms with Crippen molar-refractivity contribution in [2.45, 2.75) is 26.7 Å². The number of nitrogens with one attached hydrogen (secondary N) is 1. The van der Waals surface area contributed by atoms with Gasteiger partial charge in [-0.25, -0.2) is 4.98 Å². The molecule has 0 unspecified atom stereocenters. The molecule has 1 N–H and O–H groups in total. The summed E-state index contributed by atoms with van der Waals surface area (Å²) >= 11 is 1.56. The number of carbonyl (C=O) groups is 1. The Hall–Kier alpha value is -1.10. The molecule has 0 bridgehead atoms. The normalized spacial score (nSPS) is 10.0. The maximum Gasteiger partial charge on any atom is 0.306 e. The summed E-state index contributed by atoms with van der Waals surface area (Å²) in [4.78, 5) is 15.4. The van der Waals surface area contributed by atoms with Crippen molar-refractivity contribution in [3.05, 3.63) is 11.1 Å². The lowest BCUT2D eigenvalue weighted by molar-refractivity contribution is -0.143. The lowest BCUT2D eigenvalue weighted by atomic mass is 10.2. The molecule has 84 valence electrons. The van der Waals surface area contributed by atoms with Crippen molar-refractivity contribution in [3.63, 3.8) is 0 Å². The molecule has 15 heavy (non-hydrogen) atoms. The molecule has 1 aromatic rings. The van der Waals surface area contributed by atoms with Crippen LogP contribution in [0.5, 0.6) is 0 Å². The predicted octanol–water partition coefficient (Wildman–Crippen LogP) is 2.07. The molecule has 0 aliphatic heterocycles. The van der Waals surface area contributed by atoms with Gasteiger partial charge in [0.2, 0.25) is 0 Å². The molecule has 0 aromatic carbocycles. The first-order valence-corrected chi connectivity index (χ1v) is 5.98. The molecule has 0 fully saturated rings. The number of esters is 1. The van der Waals surface area contributed by atoms with E-state index in [0.717, 1.165) is 17.4 Å². The van der Waals surface area contributed by atoms with Gasteiger partial charge in [0.25, 0.3) is 0 Å². The van der Waals surface area contributed by atoms with Crippen LogP contribution in [0, 0.1) is 0 Å². The summed E-state index contributed by atoms with van der Waals surface area (Å²) in [7, 11) is 0. The lowest BCUT2D eigenvalue weighted by Crippen LogP contribution is -2.05. The second-order valence-electron chi connectivity index (χ2n) is 2.98. The summed E-state index contributed by atoms with van der Waals surface area (Å²) in [5, 5.41) is 6.01. The van der Waals surface area contributed by atoms with Gasteiger partial charge in [0.05, 0.1) is 18.7 Å². The number of hydrogen-bond donors (Lipinski definition) is 1. The van der Waals surface area contributed by atoms with Gasteiger partial charge in [-0.05, 0) is 13.8 Å². The van der Waals surface area contributed by atoms with Crippen LogP contribution in [-0.2, 0) is 16.0 Å². The standard InChI is InChI=1S/C10H16N2O2S/c1-3-11-10-12-8(7-15-10)5-6-9(13)14-4-2/h7H,3-6H2,1-2H3,(H,11,12). The highest BCUT2D eigenvalue weighted by Gasteiger charge is 2.05. The number of hydrogen-bond acceptors (Lipinski definition) is 5. The summed E-state index contributed by atoms with van der Waals surface area (Å²) < 4.78 is 4.84. The van der Waals surface area contributed by atoms with E-state index in [1.54, 1.807) is 11.3 Å². The van der Waals surface area contributed by atoms with Crippen molar-refractivity contribution in [2.24, 2.45) is 0 Å². The molecule has 4 nitrogen and oxygen atoms in total. The van der Waals surface area contributed by atoms with E-state index in [1.165, 1.54) is 0 Å². The Labute approximate surface area is 93.7 Å². The van der Waals surface area contributed by atoms with Crippen molar-refractivity contribution in [2.75, 3.05) is 18.5 Å². The molecule has 1 heterocycles. The fourth-order valence-corrected chi connectivity index (χ4v) is 1.93. The number of anilines is 1. The van der Waals surface area contributed by atoms with Gasteiger partial charge in [0.15, 0.2) is 5.13 Å². The number of rotatable bonds is 6. The number of nitrogens with zero attached hydrogens (tertiary/aromatic N) is 1. The highest BCUT2D eigenvalue weighted by Crippen LogP contribution is 2.16. The number of thiazole rings is 1. The summed E-state index contributed by atoms with van der Waals surface area (Å²) in [6, 6.07) is 0. The van der Waals surface area contributed by atoms with E-state index in [9.17, 15) is 4.79 Å². The molecule has 1 rings (SSSR count). The molecule has 0 aliphatic rings. The Bertz CT molecular complexity index is 312. The highest BCUT2D eigenvalue weighted by molar-refractivity contribution is 7.13. The van der Waals surface area contributed by atoms with E-state index in [1.807, 2.05) is 19.2 Å². The van der Waals surface area contributed by atoms with Gasteiger partial charge in [0, 0.05) is 18.3 Å². The maximum atomic E-state index is 11.1. The number of aryl methyl sites for hydroxylation is 1. The van der Waals surface area contributed by atoms with Crippen LogP contribution in [0.15, 0.2) is 5.38 Å². The summed E-state index contributed by atoms with van der Waals surface area (Å²) in [6.45, 7) is 5.15. The van der Waals surface area contributed by atoms with Gasteiger partial charge < -0.3 is 10.1 Å². The third kappa shape index (κ3) is 4.29. The largest absolute Gasteiger partial charge is 0.466 e. The molecule has 0 saturated heterocycles. The second-order valence-corrected chi connectivity index (χ2v) is 3.84. The zero-order chi connectivity index (χ0) is 11.1. The van der Waals surface area contributed by atoms with Crippen molar-refractivity contribution < 1.29 is 9.53 Å². The monoisotopic (exact) mass is 228 g/mol. The molecule has 5 heteroatoms. The number of aromatic nitrogens is 1. The Morgan fingerprint density at radius 1 is 1.60 bits per heavy atom. The Morgan fingerprint density at radius 3 is 3.07 bits per heavy atom. The average molecular weight is 228 g/mol. The molecular weight excluding hydrogens is 212 g/mol. The van der Waals surface area contributed by atoms with Gasteiger partial charge in [-0.2, -0.15) is 0 Å². The van der Waals surface area contributed by atoms with Crippen molar-refractivity contribution in [1.29, 1.82) is 0 Å². The Morgan fingerprint density at radius 2 is 2.40 bits per heavy atom. The van der Waals surface area contributed by atoms with Crippen molar-refractivity contribution in [3.8, 4) is 0 Å². The van der Waals surface area contributed by atoms with Crippen LogP contribution in [-0.4, -0.2) is 24.1 Å². The van der Waals surface area contributed by atoms with Crippen molar-refractivity contribution >= 4 is 22.4 Å². The topological polar surface area (TPSA) is 51.2 Å². The fraction of sp³-hybridized carbons (Fsp3) is 0.600. The molecule has 0 saturated carbocycles. The van der Waals surface area contributed by atoms with Crippen LogP contribution in [0.2, 0.25) is 0 Å². The Balaban J connectivity index is 2.34. The first-order valence-electron chi connectivity index (χ1n) is 5.10. The SMILES string of the molecule is CCNc1nc(CCC(=O)OCC)cs1. The minimum atomic E-state index is -0.157. The molecular formula is C10H16N2O2S. The van der Waals surface area contributed by atoms with Gasteiger partial charge in [-0.1, -0.05) is 0 Å². The molecule has 0 amide bonds. The van der Waals surface area contributed by atoms with E-state index >= 15 is 0 Å². The van der Waals surface area contributed by atoms with Gasteiger partial charge in [-0.3, -0.25) is 4.79 Å². The highest BCUT2D eigenvalue weighted by atomic mass is 32.1. The zero-order valence-electron chi connectivity index (χ0n) is 9.08. The van der Waals surface area contributed by atoms with E-state index in [2.05, 4.69) is 10.3 Å². The van der Waals surface area contributed by atoms with Gasteiger partial charge in [-0.15, -0.1) is 11.3 Å². The van der Waals surface area contributed by atoms with Crippen molar-refractivity contribution in [1.82, 2.24) is 4.98 Å². The van der Waals surface area contributed by atoms with Gasteiger partial charge in [0.1, 0.15) is 0 Å². The van der Waals surface area contributed by atoms with E-state index < -0.39 is 0 Å². The minimum Gasteiger partial charge on any atom is -0.466 e. The molecule has 0 spiro atoms. The predicted molar refractivity (Wildman–Crippen MR) is 61.2 cm³/mol. The zero-order valence-corrected chi connectivity index (χ0v) is 9.89. The second kappa shape index (κ2) is 6.40. The Kier molecular flexibility index (Phi) is 5.10. The molecule has 0 atom stereocenters. The smallest absolute Gasteiger partial charge is 0.306 e. The number of ether oxygens (including phenoxy) is 1. The van der Waals surface area contributed by atoms with Crippen LogP contribution in [0.4, 0.5) is 5.13 Å². The van der Waals surface area contributed by atoms with Gasteiger partial charge >= 0.3 is 5.97 Å². The third-order valence-corrected chi connectivity index (χ3v) is 2.62. The molecule has 0 aliphatic carbocycles. The van der Waals surface area contributed by atoms with Crippen LogP contribution in [0.25, 0.3) is 0 Å². The third-order valence-electron chi connectivity index (χ3n) is 1.77. The quantitative estimate of drug-likeness (QED) is 0.757. The maximum absolute atomic E-state index is 11.1. The first kappa shape index (κ1) is 12.0. The summed E-state index contributed by atoms with van der Waals surface area (Å²) in [5.41, 5.74) is 0.948. The summed E-state index contributed by atoms with van der Waals surface area (Å²) in [5.74, 6) is -0.157. The minimum absolute atomic E-state index is 0.157. The average Bonchev–Trinajstić information content (AvgIpc) is 2.64. The first-order chi connectivity index (χ1) is 7.26. The molecule has 1 aromatic heterocycles. The fourth-order valence-electron chi connectivity index (χ4n) is 1.12. The van der Waals surface area contributed by atoms with Crippen LogP contribution < -0.4 is 5.32 Å². The molecule has 0 radical (unpaired) electrons. The number of carbonyl (C=O) groups excluding carboxylic acids is 1. The van der Waals surface area contributed by atoms with E-state index in [4.69, 9.17) is 4.74 Å². The summed E-state index contributed by atoms with van der Waals surface area (Å²) in [6.07, 6.45) is 1.06. The lowest BCUT2D eigenvalue weighted by Gasteiger charge is -1.99. The van der Waals surface area contributed by atoms with Crippen LogP contribution in [0.1, 0.15) is 26.0 Å². The van der Waals surface area contributed by atoms with E-state index in [0.29, 0.717) is 19.4 Å².